The first kappa shape index (κ1) is 10.9. The van der Waals surface area contributed by atoms with E-state index in [1.54, 1.807) is 24.3 Å². The molecule has 0 radical (unpaired) electrons. The molecule has 0 saturated carbocycles. The van der Waals surface area contributed by atoms with Gasteiger partial charge in [0.1, 0.15) is 0 Å². The zero-order valence-corrected chi connectivity index (χ0v) is 8.88. The number of imidazole rings is 1. The van der Waals surface area contributed by atoms with Crippen molar-refractivity contribution in [2.24, 2.45) is 0 Å². The van der Waals surface area contributed by atoms with Gasteiger partial charge in [-0.25, -0.2) is 4.79 Å². The number of benzene rings is 1. The molecule has 0 saturated heterocycles. The molecular formula is C10H8F2N2OS. The van der Waals surface area contributed by atoms with E-state index in [0.717, 1.165) is 0 Å². The minimum absolute atomic E-state index is 0.345. The molecule has 0 bridgehead atoms. The van der Waals surface area contributed by atoms with Crippen LogP contribution in [-0.2, 0) is 0 Å². The Bertz CT molecular complexity index is 535. The van der Waals surface area contributed by atoms with Crippen molar-refractivity contribution in [1.82, 2.24) is 9.55 Å². The molecule has 1 aromatic carbocycles. The number of thioether (sulfide) groups is 1. The van der Waals surface area contributed by atoms with Gasteiger partial charge in [-0.15, -0.1) is 0 Å². The van der Waals surface area contributed by atoms with Gasteiger partial charge in [0.25, 0.3) is 5.76 Å². The smallest absolute Gasteiger partial charge is 0.312 e. The summed E-state index contributed by atoms with van der Waals surface area (Å²) >= 11 is 0.425. The standard InChI is InChI=1S/C10H8F2N2OS/c11-9(12)16-8-4-2-1-3-7(8)14-6-5-13-10(14)15/h1-6,9H,(H,13,15). The lowest BCUT2D eigenvalue weighted by Crippen LogP contribution is -2.14. The van der Waals surface area contributed by atoms with E-state index in [1.807, 2.05) is 0 Å². The lowest BCUT2D eigenvalue weighted by molar-refractivity contribution is 0.252. The fourth-order valence-electron chi connectivity index (χ4n) is 1.36. The molecule has 0 atom stereocenters. The third-order valence-corrected chi connectivity index (χ3v) is 2.77. The lowest BCUT2D eigenvalue weighted by atomic mass is 10.3. The van der Waals surface area contributed by atoms with Crippen LogP contribution in [0.5, 0.6) is 0 Å². The molecule has 0 aliphatic rings. The Hall–Kier alpha value is -1.56. The maximum Gasteiger partial charge on any atom is 0.330 e. The first-order valence-corrected chi connectivity index (χ1v) is 5.36. The van der Waals surface area contributed by atoms with Crippen LogP contribution in [0.3, 0.4) is 0 Å². The van der Waals surface area contributed by atoms with Crippen molar-refractivity contribution in [2.45, 2.75) is 10.7 Å². The monoisotopic (exact) mass is 242 g/mol. The van der Waals surface area contributed by atoms with Gasteiger partial charge < -0.3 is 4.98 Å². The summed E-state index contributed by atoms with van der Waals surface area (Å²) in [5.41, 5.74) is 0.112. The fraction of sp³-hybridized carbons (Fsp3) is 0.100. The molecule has 0 unspecified atom stereocenters. The van der Waals surface area contributed by atoms with E-state index in [9.17, 15) is 13.6 Å². The van der Waals surface area contributed by atoms with Gasteiger partial charge in [-0.05, 0) is 12.1 Å². The van der Waals surface area contributed by atoms with Gasteiger partial charge in [-0.1, -0.05) is 23.9 Å². The summed E-state index contributed by atoms with van der Waals surface area (Å²) in [5, 5.41) is 0. The number of H-pyrrole nitrogens is 1. The molecule has 84 valence electrons. The second-order valence-electron chi connectivity index (χ2n) is 2.98. The summed E-state index contributed by atoms with van der Waals surface area (Å²) in [5.74, 6) is -2.50. The van der Waals surface area contributed by atoms with Crippen LogP contribution in [0, 0.1) is 0 Å². The Morgan fingerprint density at radius 2 is 2.06 bits per heavy atom. The Labute approximate surface area is 94.1 Å². The number of aromatic amines is 1. The van der Waals surface area contributed by atoms with E-state index in [1.165, 1.54) is 17.0 Å². The molecule has 3 nitrogen and oxygen atoms in total. The molecule has 2 rings (SSSR count). The molecule has 16 heavy (non-hydrogen) atoms. The first-order valence-electron chi connectivity index (χ1n) is 4.49. The minimum atomic E-state index is -2.50. The maximum absolute atomic E-state index is 12.3. The summed E-state index contributed by atoms with van der Waals surface area (Å²) in [4.78, 5) is 14.2. The number of nitrogens with zero attached hydrogens (tertiary/aromatic N) is 1. The van der Waals surface area contributed by atoms with E-state index in [-0.39, 0.29) is 5.69 Å². The van der Waals surface area contributed by atoms with Gasteiger partial charge in [0.15, 0.2) is 0 Å². The highest BCUT2D eigenvalue weighted by atomic mass is 32.2. The third kappa shape index (κ3) is 2.16. The third-order valence-electron chi connectivity index (χ3n) is 1.99. The Morgan fingerprint density at radius 1 is 1.31 bits per heavy atom. The summed E-state index contributed by atoms with van der Waals surface area (Å²) in [6.07, 6.45) is 2.97. The van der Waals surface area contributed by atoms with Crippen LogP contribution in [0.1, 0.15) is 0 Å². The number of rotatable bonds is 3. The summed E-state index contributed by atoms with van der Waals surface area (Å²) in [6, 6.07) is 6.54. The molecule has 0 amide bonds. The average Bonchev–Trinajstić information content (AvgIpc) is 2.64. The van der Waals surface area contributed by atoms with E-state index in [0.29, 0.717) is 22.3 Å². The van der Waals surface area contributed by atoms with Crippen LogP contribution in [-0.4, -0.2) is 15.3 Å². The molecule has 1 N–H and O–H groups in total. The molecule has 0 spiro atoms. The van der Waals surface area contributed by atoms with Crippen molar-refractivity contribution in [3.63, 3.8) is 0 Å². The lowest BCUT2D eigenvalue weighted by Gasteiger charge is -2.07. The summed E-state index contributed by atoms with van der Waals surface area (Å²) in [7, 11) is 0. The van der Waals surface area contributed by atoms with Gasteiger partial charge in [-0.2, -0.15) is 8.78 Å². The van der Waals surface area contributed by atoms with Crippen LogP contribution in [0.15, 0.2) is 46.3 Å². The van der Waals surface area contributed by atoms with Crippen LogP contribution >= 0.6 is 11.8 Å². The number of hydrogen-bond acceptors (Lipinski definition) is 2. The van der Waals surface area contributed by atoms with Gasteiger partial charge in [0, 0.05) is 17.3 Å². The Balaban J connectivity index is 2.49. The van der Waals surface area contributed by atoms with E-state index in [2.05, 4.69) is 4.98 Å². The van der Waals surface area contributed by atoms with Crippen LogP contribution in [0.4, 0.5) is 8.78 Å². The molecule has 6 heteroatoms. The number of alkyl halides is 2. The largest absolute Gasteiger partial charge is 0.330 e. The SMILES string of the molecule is O=c1[nH]ccn1-c1ccccc1SC(F)F. The average molecular weight is 242 g/mol. The van der Waals surface area contributed by atoms with E-state index in [4.69, 9.17) is 0 Å². The molecule has 2 aromatic rings. The predicted octanol–water partition coefficient (Wildman–Crippen LogP) is 2.48. The highest BCUT2D eigenvalue weighted by Gasteiger charge is 2.11. The van der Waals surface area contributed by atoms with Gasteiger partial charge >= 0.3 is 5.69 Å². The Kier molecular flexibility index (Phi) is 3.09. The van der Waals surface area contributed by atoms with Gasteiger partial charge in [-0.3, -0.25) is 4.57 Å². The zero-order chi connectivity index (χ0) is 11.5. The normalized spacial score (nSPS) is 10.9. The van der Waals surface area contributed by atoms with Crippen molar-refractivity contribution in [1.29, 1.82) is 0 Å². The number of aromatic nitrogens is 2. The van der Waals surface area contributed by atoms with Crippen molar-refractivity contribution in [2.75, 3.05) is 0 Å². The fourth-order valence-corrected chi connectivity index (χ4v) is 2.00. The summed E-state index contributed by atoms with van der Waals surface area (Å²) in [6.45, 7) is 0. The topological polar surface area (TPSA) is 37.8 Å². The molecule has 0 fully saturated rings. The van der Waals surface area contributed by atoms with E-state index < -0.39 is 5.76 Å². The number of hydrogen-bond donors (Lipinski definition) is 1. The minimum Gasteiger partial charge on any atom is -0.312 e. The zero-order valence-electron chi connectivity index (χ0n) is 8.06. The number of nitrogens with one attached hydrogen (secondary N) is 1. The van der Waals surface area contributed by atoms with E-state index >= 15 is 0 Å². The molecule has 1 heterocycles. The second-order valence-corrected chi connectivity index (χ2v) is 4.01. The van der Waals surface area contributed by atoms with Crippen LogP contribution in [0.2, 0.25) is 0 Å². The second kappa shape index (κ2) is 4.52. The highest BCUT2D eigenvalue weighted by molar-refractivity contribution is 7.99. The van der Waals surface area contributed by atoms with Crippen LogP contribution < -0.4 is 5.69 Å². The van der Waals surface area contributed by atoms with Gasteiger partial charge in [0.05, 0.1) is 5.69 Å². The van der Waals surface area contributed by atoms with Gasteiger partial charge in [0.2, 0.25) is 0 Å². The highest BCUT2D eigenvalue weighted by Crippen LogP contribution is 2.29. The van der Waals surface area contributed by atoms with Crippen LogP contribution in [0.25, 0.3) is 5.69 Å². The van der Waals surface area contributed by atoms with Crippen molar-refractivity contribution in [3.8, 4) is 5.69 Å². The summed E-state index contributed by atoms with van der Waals surface area (Å²) < 4.78 is 25.9. The van der Waals surface area contributed by atoms with Crippen molar-refractivity contribution in [3.05, 3.63) is 47.1 Å². The predicted molar refractivity (Wildman–Crippen MR) is 58.3 cm³/mol. The molecular weight excluding hydrogens is 234 g/mol. The molecule has 1 aromatic heterocycles. The Morgan fingerprint density at radius 3 is 2.69 bits per heavy atom. The number of halogens is 2. The molecule has 0 aliphatic carbocycles. The maximum atomic E-state index is 12.3. The first-order chi connectivity index (χ1) is 7.68. The number of para-hydroxylation sites is 1. The van der Waals surface area contributed by atoms with Crippen molar-refractivity contribution >= 4 is 11.8 Å². The van der Waals surface area contributed by atoms with Crippen molar-refractivity contribution < 1.29 is 8.78 Å². The molecule has 0 aliphatic heterocycles. The quantitative estimate of drug-likeness (QED) is 0.840.